The molecule has 1 saturated heterocycles. The molecule has 1 fully saturated rings. The fourth-order valence-electron chi connectivity index (χ4n) is 1.14. The first-order chi connectivity index (χ1) is 5.25. The lowest BCUT2D eigenvalue weighted by Gasteiger charge is -2.10. The smallest absolute Gasteiger partial charge is 0.174 e. The van der Waals surface area contributed by atoms with Crippen molar-refractivity contribution in [3.8, 4) is 12.3 Å². The fourth-order valence-corrected chi connectivity index (χ4v) is 1.14. The molecule has 1 aliphatic rings. The van der Waals surface area contributed by atoms with Crippen LogP contribution < -0.4 is 5.73 Å². The summed E-state index contributed by atoms with van der Waals surface area (Å²) < 4.78 is 5.11. The Bertz CT molecular complexity index is 195. The molecule has 2 atom stereocenters. The van der Waals surface area contributed by atoms with E-state index < -0.39 is 6.10 Å². The Kier molecular flexibility index (Phi) is 2.64. The largest absolute Gasteiger partial charge is 0.369 e. The van der Waals surface area contributed by atoms with Crippen LogP contribution in [0, 0.1) is 12.3 Å². The molecule has 3 nitrogen and oxygen atoms in total. The predicted molar refractivity (Wildman–Crippen MR) is 40.8 cm³/mol. The number of ether oxygens (including phenoxy) is 1. The second-order valence-corrected chi connectivity index (χ2v) is 2.59. The highest BCUT2D eigenvalue weighted by Crippen LogP contribution is 2.12. The standard InChI is InChI=1S/C8H11NO2/c1-2-3-7(10)8-6(9)4-5-11-8/h1,6,8H,3-5,9H2. The minimum atomic E-state index is -0.453. The first-order valence-corrected chi connectivity index (χ1v) is 3.59. The SMILES string of the molecule is C#CCC(=O)C1OCCC1N. The molecule has 11 heavy (non-hydrogen) atoms. The number of hydrogen-bond acceptors (Lipinski definition) is 3. The maximum Gasteiger partial charge on any atom is 0.174 e. The van der Waals surface area contributed by atoms with Crippen LogP contribution in [0.4, 0.5) is 0 Å². The van der Waals surface area contributed by atoms with Crippen LogP contribution in [0.15, 0.2) is 0 Å². The van der Waals surface area contributed by atoms with Crippen LogP contribution in [0.25, 0.3) is 0 Å². The normalized spacial score (nSPS) is 29.8. The second kappa shape index (κ2) is 3.51. The van der Waals surface area contributed by atoms with E-state index in [0.717, 1.165) is 6.42 Å². The molecule has 2 unspecified atom stereocenters. The third-order valence-electron chi connectivity index (χ3n) is 1.73. The molecule has 0 radical (unpaired) electrons. The lowest BCUT2D eigenvalue weighted by molar-refractivity contribution is -0.127. The molecule has 0 spiro atoms. The van der Waals surface area contributed by atoms with Gasteiger partial charge in [0.15, 0.2) is 5.78 Å². The summed E-state index contributed by atoms with van der Waals surface area (Å²) in [5, 5.41) is 0. The van der Waals surface area contributed by atoms with E-state index in [9.17, 15) is 4.79 Å². The summed E-state index contributed by atoms with van der Waals surface area (Å²) in [6.45, 7) is 0.572. The van der Waals surface area contributed by atoms with Gasteiger partial charge in [0.05, 0.1) is 6.42 Å². The van der Waals surface area contributed by atoms with Gasteiger partial charge in [-0.3, -0.25) is 4.79 Å². The van der Waals surface area contributed by atoms with Gasteiger partial charge in [-0.05, 0) is 6.42 Å². The van der Waals surface area contributed by atoms with Gasteiger partial charge in [-0.1, -0.05) is 5.92 Å². The van der Waals surface area contributed by atoms with Gasteiger partial charge in [0, 0.05) is 12.6 Å². The van der Waals surface area contributed by atoms with Crippen molar-refractivity contribution in [2.45, 2.75) is 25.0 Å². The number of carbonyl (C=O) groups is 1. The highest BCUT2D eigenvalue weighted by molar-refractivity contribution is 5.86. The van der Waals surface area contributed by atoms with Crippen molar-refractivity contribution in [3.05, 3.63) is 0 Å². The third kappa shape index (κ3) is 1.79. The summed E-state index contributed by atoms with van der Waals surface area (Å²) >= 11 is 0. The molecule has 0 aromatic heterocycles. The third-order valence-corrected chi connectivity index (χ3v) is 1.73. The molecule has 60 valence electrons. The topological polar surface area (TPSA) is 52.3 Å². The lowest BCUT2D eigenvalue weighted by Crippen LogP contribution is -2.36. The van der Waals surface area contributed by atoms with E-state index in [4.69, 9.17) is 16.9 Å². The van der Waals surface area contributed by atoms with E-state index >= 15 is 0 Å². The highest BCUT2D eigenvalue weighted by Gasteiger charge is 2.30. The predicted octanol–water partition coefficient (Wildman–Crippen LogP) is -0.305. The molecular weight excluding hydrogens is 142 g/mol. The van der Waals surface area contributed by atoms with Crippen LogP contribution in [0.1, 0.15) is 12.8 Å². The number of nitrogens with two attached hydrogens (primary N) is 1. The van der Waals surface area contributed by atoms with Crippen LogP contribution in [-0.2, 0) is 9.53 Å². The number of ketones is 1. The first kappa shape index (κ1) is 8.25. The average molecular weight is 153 g/mol. The van der Waals surface area contributed by atoms with E-state index in [2.05, 4.69) is 5.92 Å². The van der Waals surface area contributed by atoms with Gasteiger partial charge in [-0.2, -0.15) is 0 Å². The molecule has 0 aliphatic carbocycles. The molecule has 1 rings (SSSR count). The quantitative estimate of drug-likeness (QED) is 0.554. The van der Waals surface area contributed by atoms with Gasteiger partial charge >= 0.3 is 0 Å². The van der Waals surface area contributed by atoms with Crippen molar-refractivity contribution in [3.63, 3.8) is 0 Å². The fraction of sp³-hybridized carbons (Fsp3) is 0.625. The number of hydrogen-bond donors (Lipinski definition) is 1. The molecular formula is C8H11NO2. The van der Waals surface area contributed by atoms with Crippen molar-refractivity contribution in [1.29, 1.82) is 0 Å². The summed E-state index contributed by atoms with van der Waals surface area (Å²) in [5.74, 6) is 2.21. The van der Waals surface area contributed by atoms with Gasteiger partial charge in [0.1, 0.15) is 6.10 Å². The first-order valence-electron chi connectivity index (χ1n) is 3.59. The summed E-state index contributed by atoms with van der Waals surface area (Å²) in [5.41, 5.74) is 5.60. The van der Waals surface area contributed by atoms with Gasteiger partial charge in [0.2, 0.25) is 0 Å². The van der Waals surface area contributed by atoms with Crippen molar-refractivity contribution in [2.75, 3.05) is 6.61 Å². The summed E-state index contributed by atoms with van der Waals surface area (Å²) in [6, 6.07) is -0.157. The zero-order valence-corrected chi connectivity index (χ0v) is 6.25. The number of terminal acetylenes is 1. The van der Waals surface area contributed by atoms with Crippen molar-refractivity contribution < 1.29 is 9.53 Å². The Labute approximate surface area is 65.9 Å². The minimum Gasteiger partial charge on any atom is -0.369 e. The van der Waals surface area contributed by atoms with E-state index in [1.54, 1.807) is 0 Å². The van der Waals surface area contributed by atoms with Crippen LogP contribution in [-0.4, -0.2) is 24.5 Å². The molecule has 0 bridgehead atoms. The Morgan fingerprint density at radius 2 is 2.55 bits per heavy atom. The van der Waals surface area contributed by atoms with Gasteiger partial charge in [-0.15, -0.1) is 6.42 Å². The Morgan fingerprint density at radius 1 is 1.82 bits per heavy atom. The van der Waals surface area contributed by atoms with Gasteiger partial charge in [-0.25, -0.2) is 0 Å². The molecule has 2 N–H and O–H groups in total. The summed E-state index contributed by atoms with van der Waals surface area (Å²) in [6.07, 6.45) is 5.40. The number of carbonyl (C=O) groups excluding carboxylic acids is 1. The maximum absolute atomic E-state index is 11.1. The number of rotatable bonds is 2. The van der Waals surface area contributed by atoms with E-state index in [-0.39, 0.29) is 18.2 Å². The van der Waals surface area contributed by atoms with E-state index in [0.29, 0.717) is 6.61 Å². The molecule has 1 heterocycles. The van der Waals surface area contributed by atoms with Gasteiger partial charge < -0.3 is 10.5 Å². The van der Waals surface area contributed by atoms with E-state index in [1.807, 2.05) is 0 Å². The summed E-state index contributed by atoms with van der Waals surface area (Å²) in [4.78, 5) is 11.1. The monoisotopic (exact) mass is 153 g/mol. The Morgan fingerprint density at radius 3 is 3.00 bits per heavy atom. The van der Waals surface area contributed by atoms with Crippen LogP contribution >= 0.6 is 0 Å². The summed E-state index contributed by atoms with van der Waals surface area (Å²) in [7, 11) is 0. The molecule has 0 amide bonds. The molecule has 1 aliphatic heterocycles. The molecule has 0 aromatic carbocycles. The van der Waals surface area contributed by atoms with E-state index in [1.165, 1.54) is 0 Å². The van der Waals surface area contributed by atoms with Crippen LogP contribution in [0.3, 0.4) is 0 Å². The maximum atomic E-state index is 11.1. The van der Waals surface area contributed by atoms with Crippen molar-refractivity contribution in [1.82, 2.24) is 0 Å². The zero-order chi connectivity index (χ0) is 8.27. The van der Waals surface area contributed by atoms with Crippen molar-refractivity contribution >= 4 is 5.78 Å². The average Bonchev–Trinajstić information content (AvgIpc) is 2.36. The molecule has 0 saturated carbocycles. The molecule has 3 heteroatoms. The van der Waals surface area contributed by atoms with Crippen molar-refractivity contribution in [2.24, 2.45) is 5.73 Å². The number of Topliss-reactive ketones (excluding diaryl/α,β-unsaturated/α-hetero) is 1. The Hall–Kier alpha value is -0.850. The van der Waals surface area contributed by atoms with Gasteiger partial charge in [0.25, 0.3) is 0 Å². The Balaban J connectivity index is 2.47. The highest BCUT2D eigenvalue weighted by atomic mass is 16.5. The van der Waals surface area contributed by atoms with Crippen LogP contribution in [0.2, 0.25) is 0 Å². The molecule has 0 aromatic rings. The zero-order valence-electron chi connectivity index (χ0n) is 6.25. The lowest BCUT2D eigenvalue weighted by atomic mass is 10.1. The second-order valence-electron chi connectivity index (χ2n) is 2.59. The minimum absolute atomic E-state index is 0.0718. The van der Waals surface area contributed by atoms with Crippen LogP contribution in [0.5, 0.6) is 0 Å².